The Bertz CT molecular complexity index is 549. The van der Waals surface area contributed by atoms with E-state index in [2.05, 4.69) is 25.7 Å². The van der Waals surface area contributed by atoms with Gasteiger partial charge in [0, 0.05) is 44.2 Å². The van der Waals surface area contributed by atoms with Crippen LogP contribution in [0.3, 0.4) is 0 Å². The van der Waals surface area contributed by atoms with Gasteiger partial charge in [-0.15, -0.1) is 11.3 Å². The lowest BCUT2D eigenvalue weighted by molar-refractivity contribution is 0.683. The molecule has 0 saturated carbocycles. The zero-order valence-corrected chi connectivity index (χ0v) is 13.9. The number of thiazole rings is 1. The highest BCUT2D eigenvalue weighted by Gasteiger charge is 2.01. The van der Waals surface area contributed by atoms with Gasteiger partial charge in [-0.25, -0.2) is 4.98 Å². The molecular formula is C13H20N6S2. The fraction of sp³-hybridized carbons (Fsp3) is 0.462. The SMILES string of the molecule is CN=C(NCCCSc1nccs1)NCc1ccnn1C. The van der Waals surface area contributed by atoms with Crippen LogP contribution in [0.1, 0.15) is 12.1 Å². The number of hydrogen-bond acceptors (Lipinski definition) is 5. The monoisotopic (exact) mass is 324 g/mol. The Hall–Kier alpha value is -1.54. The Balaban J connectivity index is 1.60. The summed E-state index contributed by atoms with van der Waals surface area (Å²) in [4.78, 5) is 8.46. The number of nitrogens with one attached hydrogen (secondary N) is 2. The van der Waals surface area contributed by atoms with Gasteiger partial charge in [0.05, 0.1) is 12.2 Å². The third kappa shape index (κ3) is 5.39. The zero-order chi connectivity index (χ0) is 14.9. The van der Waals surface area contributed by atoms with Crippen LogP contribution in [-0.4, -0.2) is 40.1 Å². The third-order valence-corrected chi connectivity index (χ3v) is 4.88. The first-order chi connectivity index (χ1) is 10.3. The van der Waals surface area contributed by atoms with Gasteiger partial charge in [-0.3, -0.25) is 9.67 Å². The number of aromatic nitrogens is 3. The van der Waals surface area contributed by atoms with Crippen molar-refractivity contribution in [3.63, 3.8) is 0 Å². The van der Waals surface area contributed by atoms with Crippen LogP contribution in [-0.2, 0) is 13.6 Å². The maximum absolute atomic E-state index is 4.25. The number of rotatable bonds is 7. The Kier molecular flexibility index (Phi) is 6.55. The summed E-state index contributed by atoms with van der Waals surface area (Å²) >= 11 is 3.48. The molecule has 0 saturated heterocycles. The van der Waals surface area contributed by atoms with E-state index in [0.717, 1.165) is 34.7 Å². The summed E-state index contributed by atoms with van der Waals surface area (Å²) in [6.07, 6.45) is 4.70. The number of aliphatic imine (C=N–C) groups is 1. The van der Waals surface area contributed by atoms with Crippen molar-refractivity contribution in [3.8, 4) is 0 Å². The highest BCUT2D eigenvalue weighted by atomic mass is 32.2. The molecule has 8 heteroatoms. The minimum atomic E-state index is 0.712. The van der Waals surface area contributed by atoms with Crippen LogP contribution in [0, 0.1) is 0 Å². The summed E-state index contributed by atoms with van der Waals surface area (Å²) in [7, 11) is 3.71. The molecule has 2 aromatic rings. The molecular weight excluding hydrogens is 304 g/mol. The van der Waals surface area contributed by atoms with Crippen molar-refractivity contribution in [1.82, 2.24) is 25.4 Å². The van der Waals surface area contributed by atoms with Crippen molar-refractivity contribution >= 4 is 29.1 Å². The largest absolute Gasteiger partial charge is 0.356 e. The number of thioether (sulfide) groups is 1. The molecule has 21 heavy (non-hydrogen) atoms. The minimum Gasteiger partial charge on any atom is -0.356 e. The van der Waals surface area contributed by atoms with E-state index in [1.54, 1.807) is 36.3 Å². The van der Waals surface area contributed by atoms with Gasteiger partial charge in [0.25, 0.3) is 0 Å². The van der Waals surface area contributed by atoms with E-state index in [0.29, 0.717) is 6.54 Å². The molecule has 2 N–H and O–H groups in total. The Morgan fingerprint density at radius 2 is 2.33 bits per heavy atom. The van der Waals surface area contributed by atoms with Crippen LogP contribution >= 0.6 is 23.1 Å². The van der Waals surface area contributed by atoms with Gasteiger partial charge < -0.3 is 10.6 Å². The lowest BCUT2D eigenvalue weighted by Gasteiger charge is -2.11. The first kappa shape index (κ1) is 15.8. The molecule has 0 aliphatic rings. The second-order valence-corrected chi connectivity index (χ2v) is 6.54. The topological polar surface area (TPSA) is 67.1 Å². The third-order valence-electron chi connectivity index (χ3n) is 2.83. The molecule has 0 amide bonds. The minimum absolute atomic E-state index is 0.712. The molecule has 0 aliphatic heterocycles. The first-order valence-corrected chi connectivity index (χ1v) is 8.60. The van der Waals surface area contributed by atoms with Gasteiger partial charge in [-0.05, 0) is 12.5 Å². The summed E-state index contributed by atoms with van der Waals surface area (Å²) in [5.74, 6) is 1.87. The maximum Gasteiger partial charge on any atom is 0.191 e. The van der Waals surface area contributed by atoms with Gasteiger partial charge in [0.15, 0.2) is 5.96 Å². The van der Waals surface area contributed by atoms with Gasteiger partial charge in [0.1, 0.15) is 4.34 Å². The van der Waals surface area contributed by atoms with E-state index < -0.39 is 0 Å². The summed E-state index contributed by atoms with van der Waals surface area (Å²) in [6, 6.07) is 1.99. The molecule has 0 unspecified atom stereocenters. The fourth-order valence-corrected chi connectivity index (χ4v) is 3.34. The predicted octanol–water partition coefficient (Wildman–Crippen LogP) is 1.72. The predicted molar refractivity (Wildman–Crippen MR) is 88.9 cm³/mol. The number of aryl methyl sites for hydroxylation is 1. The summed E-state index contributed by atoms with van der Waals surface area (Å²) in [5, 5.41) is 12.7. The smallest absolute Gasteiger partial charge is 0.191 e. The Morgan fingerprint density at radius 1 is 1.43 bits per heavy atom. The Labute approximate surface area is 133 Å². The fourth-order valence-electron chi connectivity index (χ4n) is 1.69. The molecule has 0 bridgehead atoms. The molecule has 6 nitrogen and oxygen atoms in total. The first-order valence-electron chi connectivity index (χ1n) is 6.73. The van der Waals surface area contributed by atoms with E-state index in [1.165, 1.54) is 0 Å². The van der Waals surface area contributed by atoms with E-state index in [-0.39, 0.29) is 0 Å². The zero-order valence-electron chi connectivity index (χ0n) is 12.2. The van der Waals surface area contributed by atoms with Crippen molar-refractivity contribution in [2.45, 2.75) is 17.3 Å². The van der Waals surface area contributed by atoms with Crippen LogP contribution in [0.15, 0.2) is 33.2 Å². The van der Waals surface area contributed by atoms with Crippen molar-refractivity contribution < 1.29 is 0 Å². The van der Waals surface area contributed by atoms with Crippen LogP contribution in [0.25, 0.3) is 0 Å². The molecule has 0 aliphatic carbocycles. The van der Waals surface area contributed by atoms with E-state index in [1.807, 2.05) is 29.4 Å². The van der Waals surface area contributed by atoms with Crippen molar-refractivity contribution in [2.75, 3.05) is 19.3 Å². The lowest BCUT2D eigenvalue weighted by Crippen LogP contribution is -2.37. The number of nitrogens with zero attached hydrogens (tertiary/aromatic N) is 4. The molecule has 0 aromatic carbocycles. The van der Waals surface area contributed by atoms with Crippen LogP contribution < -0.4 is 10.6 Å². The average Bonchev–Trinajstić information content (AvgIpc) is 3.14. The quantitative estimate of drug-likeness (QED) is 0.351. The van der Waals surface area contributed by atoms with Crippen LogP contribution in [0.2, 0.25) is 0 Å². The number of guanidine groups is 1. The van der Waals surface area contributed by atoms with Gasteiger partial charge in [-0.2, -0.15) is 5.10 Å². The highest BCUT2D eigenvalue weighted by Crippen LogP contribution is 2.20. The summed E-state index contributed by atoms with van der Waals surface area (Å²) in [5.41, 5.74) is 1.12. The normalized spacial score (nSPS) is 11.6. The van der Waals surface area contributed by atoms with E-state index in [9.17, 15) is 0 Å². The molecule has 0 radical (unpaired) electrons. The maximum atomic E-state index is 4.25. The summed E-state index contributed by atoms with van der Waals surface area (Å²) in [6.45, 7) is 1.60. The second kappa shape index (κ2) is 8.68. The molecule has 2 heterocycles. The van der Waals surface area contributed by atoms with Crippen molar-refractivity contribution in [3.05, 3.63) is 29.5 Å². The van der Waals surface area contributed by atoms with Crippen LogP contribution in [0.5, 0.6) is 0 Å². The van der Waals surface area contributed by atoms with Gasteiger partial charge >= 0.3 is 0 Å². The molecule has 0 atom stereocenters. The molecule has 2 rings (SSSR count). The highest BCUT2D eigenvalue weighted by molar-refractivity contribution is 8.00. The lowest BCUT2D eigenvalue weighted by atomic mass is 10.4. The van der Waals surface area contributed by atoms with Crippen molar-refractivity contribution in [1.29, 1.82) is 0 Å². The second-order valence-electron chi connectivity index (χ2n) is 4.30. The molecule has 0 fully saturated rings. The molecule has 2 aromatic heterocycles. The summed E-state index contributed by atoms with van der Waals surface area (Å²) < 4.78 is 2.99. The van der Waals surface area contributed by atoms with Crippen LogP contribution in [0.4, 0.5) is 0 Å². The standard InChI is InChI=1S/C13H20N6S2/c1-14-12(17-10-11-4-6-18-19(11)2)15-5-3-8-20-13-16-7-9-21-13/h4,6-7,9H,3,5,8,10H2,1-2H3,(H2,14,15,17). The number of hydrogen-bond donors (Lipinski definition) is 2. The molecule has 114 valence electrons. The van der Waals surface area contributed by atoms with E-state index >= 15 is 0 Å². The Morgan fingerprint density at radius 3 is 3.00 bits per heavy atom. The van der Waals surface area contributed by atoms with E-state index in [4.69, 9.17) is 0 Å². The van der Waals surface area contributed by atoms with Crippen molar-refractivity contribution in [2.24, 2.45) is 12.0 Å². The van der Waals surface area contributed by atoms with Gasteiger partial charge in [-0.1, -0.05) is 11.8 Å². The molecule has 0 spiro atoms. The average molecular weight is 324 g/mol. The van der Waals surface area contributed by atoms with Gasteiger partial charge in [0.2, 0.25) is 0 Å².